The zero-order chi connectivity index (χ0) is 13.8. The zero-order valence-electron chi connectivity index (χ0n) is 12.0. The van der Waals surface area contributed by atoms with Gasteiger partial charge in [-0.3, -0.25) is 4.79 Å². The maximum atomic E-state index is 12.0. The number of amides is 1. The van der Waals surface area contributed by atoms with Gasteiger partial charge in [-0.1, -0.05) is 32.9 Å². The summed E-state index contributed by atoms with van der Waals surface area (Å²) in [7, 11) is 1.87. The summed E-state index contributed by atoms with van der Waals surface area (Å²) in [6.45, 7) is 6.95. The highest BCUT2D eigenvalue weighted by Crippen LogP contribution is 2.20. The molecule has 0 radical (unpaired) electrons. The molecular weight excluding hydrogens is 242 g/mol. The van der Waals surface area contributed by atoms with E-state index in [-0.39, 0.29) is 11.3 Å². The van der Waals surface area contributed by atoms with Crippen LogP contribution in [0.25, 0.3) is 0 Å². The van der Waals surface area contributed by atoms with E-state index in [4.69, 9.17) is 0 Å². The van der Waals surface area contributed by atoms with Crippen LogP contribution in [0.4, 0.5) is 0 Å². The number of carbonyl (C=O) groups is 1. The van der Waals surface area contributed by atoms with Crippen LogP contribution in [0.2, 0.25) is 0 Å². The first-order chi connectivity index (χ1) is 8.31. The quantitative estimate of drug-likeness (QED) is 0.772. The lowest BCUT2D eigenvalue weighted by atomic mass is 9.91. The third-order valence-corrected chi connectivity index (χ3v) is 3.43. The monoisotopic (exact) mass is 265 g/mol. The Morgan fingerprint density at radius 2 is 1.78 bits per heavy atom. The second kappa shape index (κ2) is 6.28. The number of hydrogen-bond donors (Lipinski definition) is 0. The van der Waals surface area contributed by atoms with Gasteiger partial charge in [-0.15, -0.1) is 11.8 Å². The number of rotatable bonds is 4. The van der Waals surface area contributed by atoms with E-state index in [1.807, 2.05) is 7.05 Å². The predicted molar refractivity (Wildman–Crippen MR) is 78.8 cm³/mol. The van der Waals surface area contributed by atoms with Gasteiger partial charge in [0.15, 0.2) is 0 Å². The molecule has 0 bridgehead atoms. The summed E-state index contributed by atoms with van der Waals surface area (Å²) in [5.41, 5.74) is 1.23. The SMILES string of the molecule is CSc1ccc(CN(C)C(=O)CC(C)(C)C)cc1. The Hall–Kier alpha value is -0.960. The smallest absolute Gasteiger partial charge is 0.223 e. The molecule has 0 N–H and O–H groups in total. The van der Waals surface area contributed by atoms with E-state index in [9.17, 15) is 4.79 Å². The number of hydrogen-bond acceptors (Lipinski definition) is 2. The molecule has 1 amide bonds. The van der Waals surface area contributed by atoms with E-state index in [0.717, 1.165) is 0 Å². The first-order valence-electron chi connectivity index (χ1n) is 6.19. The van der Waals surface area contributed by atoms with Crippen molar-refractivity contribution in [2.24, 2.45) is 5.41 Å². The Morgan fingerprint density at radius 3 is 2.22 bits per heavy atom. The number of nitrogens with zero attached hydrogens (tertiary/aromatic N) is 1. The van der Waals surface area contributed by atoms with Crippen molar-refractivity contribution in [3.63, 3.8) is 0 Å². The normalized spacial score (nSPS) is 11.4. The van der Waals surface area contributed by atoms with E-state index in [1.54, 1.807) is 16.7 Å². The molecule has 0 unspecified atom stereocenters. The van der Waals surface area contributed by atoms with Crippen LogP contribution >= 0.6 is 11.8 Å². The Balaban J connectivity index is 2.58. The van der Waals surface area contributed by atoms with Crippen LogP contribution in [-0.2, 0) is 11.3 Å². The van der Waals surface area contributed by atoms with Crippen LogP contribution in [0, 0.1) is 5.41 Å². The summed E-state index contributed by atoms with van der Waals surface area (Å²) in [6.07, 6.45) is 2.65. The largest absolute Gasteiger partial charge is 0.341 e. The van der Waals surface area contributed by atoms with E-state index in [0.29, 0.717) is 13.0 Å². The van der Waals surface area contributed by atoms with Crippen LogP contribution in [0.1, 0.15) is 32.8 Å². The highest BCUT2D eigenvalue weighted by molar-refractivity contribution is 7.98. The van der Waals surface area contributed by atoms with Gasteiger partial charge >= 0.3 is 0 Å². The summed E-state index contributed by atoms with van der Waals surface area (Å²) in [5.74, 6) is 0.205. The Bertz CT molecular complexity index is 392. The Kier molecular flexibility index (Phi) is 5.27. The first-order valence-corrected chi connectivity index (χ1v) is 7.41. The van der Waals surface area contributed by atoms with Crippen LogP contribution in [0.5, 0.6) is 0 Å². The lowest BCUT2D eigenvalue weighted by Gasteiger charge is -2.23. The van der Waals surface area contributed by atoms with Crippen LogP contribution in [0.3, 0.4) is 0 Å². The minimum Gasteiger partial charge on any atom is -0.341 e. The molecule has 1 aromatic carbocycles. The fourth-order valence-corrected chi connectivity index (χ4v) is 2.09. The van der Waals surface area contributed by atoms with E-state index < -0.39 is 0 Å². The first kappa shape index (κ1) is 15.1. The van der Waals surface area contributed by atoms with Crippen molar-refractivity contribution in [1.29, 1.82) is 0 Å². The van der Waals surface area contributed by atoms with Crippen molar-refractivity contribution in [3.8, 4) is 0 Å². The van der Waals surface area contributed by atoms with Gasteiger partial charge in [0.25, 0.3) is 0 Å². The second-order valence-electron chi connectivity index (χ2n) is 5.84. The molecule has 3 heteroatoms. The van der Waals surface area contributed by atoms with Gasteiger partial charge < -0.3 is 4.90 Å². The molecule has 1 aromatic rings. The molecule has 18 heavy (non-hydrogen) atoms. The topological polar surface area (TPSA) is 20.3 Å². The number of carbonyl (C=O) groups excluding carboxylic acids is 1. The van der Waals surface area contributed by atoms with Gasteiger partial charge in [-0.25, -0.2) is 0 Å². The lowest BCUT2D eigenvalue weighted by molar-refractivity contribution is -0.132. The average Bonchev–Trinajstić information content (AvgIpc) is 2.27. The van der Waals surface area contributed by atoms with E-state index >= 15 is 0 Å². The van der Waals surface area contributed by atoms with Gasteiger partial charge in [0.05, 0.1) is 0 Å². The number of benzene rings is 1. The third-order valence-electron chi connectivity index (χ3n) is 2.69. The van der Waals surface area contributed by atoms with Crippen molar-refractivity contribution >= 4 is 17.7 Å². The highest BCUT2D eigenvalue weighted by atomic mass is 32.2. The molecule has 0 fully saturated rings. The fourth-order valence-electron chi connectivity index (χ4n) is 1.68. The van der Waals surface area contributed by atoms with Crippen molar-refractivity contribution in [2.75, 3.05) is 13.3 Å². The zero-order valence-corrected chi connectivity index (χ0v) is 12.8. The van der Waals surface area contributed by atoms with E-state index in [2.05, 4.69) is 51.3 Å². The van der Waals surface area contributed by atoms with Crippen molar-refractivity contribution in [1.82, 2.24) is 4.90 Å². The van der Waals surface area contributed by atoms with Crippen LogP contribution < -0.4 is 0 Å². The molecule has 0 saturated heterocycles. The fraction of sp³-hybridized carbons (Fsp3) is 0.533. The van der Waals surface area contributed by atoms with Gasteiger partial charge in [0.1, 0.15) is 0 Å². The standard InChI is InChI=1S/C15H23NOS/c1-15(2,3)10-14(17)16(4)11-12-6-8-13(18-5)9-7-12/h6-9H,10-11H2,1-5H3. The van der Waals surface area contributed by atoms with Crippen molar-refractivity contribution < 1.29 is 4.79 Å². The molecule has 0 aliphatic heterocycles. The highest BCUT2D eigenvalue weighted by Gasteiger charge is 2.18. The molecule has 0 aliphatic rings. The molecule has 2 nitrogen and oxygen atoms in total. The molecule has 0 aliphatic carbocycles. The molecular formula is C15H23NOS. The summed E-state index contributed by atoms with van der Waals surface area (Å²) in [6, 6.07) is 8.38. The number of thioether (sulfide) groups is 1. The Morgan fingerprint density at radius 1 is 1.22 bits per heavy atom. The molecule has 0 spiro atoms. The van der Waals surface area contributed by atoms with Gasteiger partial charge in [-0.05, 0) is 29.4 Å². The minimum absolute atomic E-state index is 0.0497. The molecule has 0 aromatic heterocycles. The average molecular weight is 265 g/mol. The summed E-state index contributed by atoms with van der Waals surface area (Å²) < 4.78 is 0. The molecule has 0 saturated carbocycles. The minimum atomic E-state index is 0.0497. The second-order valence-corrected chi connectivity index (χ2v) is 6.71. The summed E-state index contributed by atoms with van der Waals surface area (Å²) in [4.78, 5) is 15.1. The van der Waals surface area contributed by atoms with Gasteiger partial charge in [-0.2, -0.15) is 0 Å². The maximum absolute atomic E-state index is 12.0. The van der Waals surface area contributed by atoms with Crippen LogP contribution in [0.15, 0.2) is 29.2 Å². The molecule has 1 rings (SSSR count). The summed E-state index contributed by atoms with van der Waals surface area (Å²) >= 11 is 1.73. The maximum Gasteiger partial charge on any atom is 0.223 e. The lowest BCUT2D eigenvalue weighted by Crippen LogP contribution is -2.29. The van der Waals surface area contributed by atoms with Gasteiger partial charge in [0, 0.05) is 24.9 Å². The summed E-state index contributed by atoms with van der Waals surface area (Å²) in [5, 5.41) is 0. The van der Waals surface area contributed by atoms with Crippen LogP contribution in [-0.4, -0.2) is 24.1 Å². The predicted octanol–water partition coefficient (Wildman–Crippen LogP) is 3.80. The van der Waals surface area contributed by atoms with Crippen molar-refractivity contribution in [3.05, 3.63) is 29.8 Å². The Labute approximate surface area is 115 Å². The van der Waals surface area contributed by atoms with Gasteiger partial charge in [0.2, 0.25) is 5.91 Å². The molecule has 0 atom stereocenters. The molecule has 0 heterocycles. The molecule has 100 valence electrons. The van der Waals surface area contributed by atoms with E-state index in [1.165, 1.54) is 10.5 Å². The third kappa shape index (κ3) is 5.13. The van der Waals surface area contributed by atoms with Crippen molar-refractivity contribution in [2.45, 2.75) is 38.6 Å².